The zero-order valence-electron chi connectivity index (χ0n) is 9.21. The maximum Gasteiger partial charge on any atom is 0.317 e. The van der Waals surface area contributed by atoms with E-state index in [9.17, 15) is 4.79 Å². The topological polar surface area (TPSA) is 71.2 Å². The summed E-state index contributed by atoms with van der Waals surface area (Å²) in [6.45, 7) is 4.45. The van der Waals surface area contributed by atoms with Gasteiger partial charge >= 0.3 is 5.97 Å². The van der Waals surface area contributed by atoms with Crippen molar-refractivity contribution in [1.29, 1.82) is 0 Å². The first-order chi connectivity index (χ1) is 6.99. The Morgan fingerprint density at radius 1 is 1.67 bits per heavy atom. The van der Waals surface area contributed by atoms with Crippen LogP contribution in [0.1, 0.15) is 19.5 Å². The van der Waals surface area contributed by atoms with Gasteiger partial charge < -0.3 is 5.11 Å². The Bertz CT molecular complexity index is 335. The predicted octanol–water partition coefficient (Wildman–Crippen LogP) is 0.110. The number of aromatic nitrogens is 3. The quantitative estimate of drug-likeness (QED) is 0.750. The first-order valence-electron chi connectivity index (χ1n) is 4.80. The fourth-order valence-corrected chi connectivity index (χ4v) is 1.27. The molecule has 1 aromatic heterocycles. The minimum atomic E-state index is -0.826. The van der Waals surface area contributed by atoms with E-state index in [2.05, 4.69) is 10.3 Å². The van der Waals surface area contributed by atoms with Crippen molar-refractivity contribution in [2.24, 2.45) is 7.05 Å². The number of carboxylic acid groups (broad SMARTS) is 1. The van der Waals surface area contributed by atoms with E-state index >= 15 is 0 Å². The highest BCUT2D eigenvalue weighted by Crippen LogP contribution is 2.04. The van der Waals surface area contributed by atoms with Crippen LogP contribution in [-0.4, -0.2) is 43.6 Å². The standard InChI is InChI=1S/C9H16N4O2/c1-7(2)13(6-9(14)15)5-8-4-12(3)11-10-8/h4,7H,5-6H2,1-3H3,(H,14,15). The molecule has 6 heteroatoms. The van der Waals surface area contributed by atoms with Gasteiger partial charge in [-0.05, 0) is 13.8 Å². The SMILES string of the molecule is CC(C)N(CC(=O)O)Cc1cn(C)nn1. The number of carbonyl (C=O) groups is 1. The third-order valence-electron chi connectivity index (χ3n) is 2.08. The maximum atomic E-state index is 10.6. The van der Waals surface area contributed by atoms with Crippen molar-refractivity contribution in [3.8, 4) is 0 Å². The Labute approximate surface area is 88.5 Å². The molecule has 0 aliphatic rings. The molecule has 0 bridgehead atoms. The van der Waals surface area contributed by atoms with Crippen LogP contribution in [0, 0.1) is 0 Å². The predicted molar refractivity (Wildman–Crippen MR) is 54.2 cm³/mol. The smallest absolute Gasteiger partial charge is 0.317 e. The lowest BCUT2D eigenvalue weighted by atomic mass is 10.3. The van der Waals surface area contributed by atoms with Crippen LogP contribution < -0.4 is 0 Å². The number of aryl methyl sites for hydroxylation is 1. The molecular weight excluding hydrogens is 196 g/mol. The van der Waals surface area contributed by atoms with Crippen LogP contribution >= 0.6 is 0 Å². The number of rotatable bonds is 5. The summed E-state index contributed by atoms with van der Waals surface area (Å²) < 4.78 is 1.61. The summed E-state index contributed by atoms with van der Waals surface area (Å²) in [6, 6.07) is 0.170. The molecule has 1 heterocycles. The second-order valence-electron chi connectivity index (χ2n) is 3.78. The normalized spacial score (nSPS) is 11.3. The van der Waals surface area contributed by atoms with Crippen molar-refractivity contribution in [3.05, 3.63) is 11.9 Å². The van der Waals surface area contributed by atoms with Gasteiger partial charge in [0, 0.05) is 25.8 Å². The Hall–Kier alpha value is -1.43. The van der Waals surface area contributed by atoms with Crippen molar-refractivity contribution < 1.29 is 9.90 Å². The monoisotopic (exact) mass is 212 g/mol. The Balaban J connectivity index is 2.62. The molecule has 0 aliphatic carbocycles. The lowest BCUT2D eigenvalue weighted by molar-refractivity contribution is -0.138. The summed E-state index contributed by atoms with van der Waals surface area (Å²) in [6.07, 6.45) is 1.79. The molecule has 0 atom stereocenters. The molecule has 0 radical (unpaired) electrons. The van der Waals surface area contributed by atoms with Gasteiger partial charge in [0.25, 0.3) is 0 Å². The maximum absolute atomic E-state index is 10.6. The van der Waals surface area contributed by atoms with Crippen molar-refractivity contribution in [2.75, 3.05) is 6.54 Å². The van der Waals surface area contributed by atoms with Gasteiger partial charge in [-0.1, -0.05) is 5.21 Å². The zero-order valence-corrected chi connectivity index (χ0v) is 9.21. The van der Waals surface area contributed by atoms with Gasteiger partial charge in [-0.15, -0.1) is 5.10 Å². The van der Waals surface area contributed by atoms with Crippen LogP contribution in [0.3, 0.4) is 0 Å². The van der Waals surface area contributed by atoms with E-state index in [0.29, 0.717) is 6.54 Å². The number of aliphatic carboxylic acids is 1. The largest absolute Gasteiger partial charge is 0.480 e. The number of carboxylic acids is 1. The van der Waals surface area contributed by atoms with Gasteiger partial charge in [0.1, 0.15) is 0 Å². The molecule has 1 N–H and O–H groups in total. The number of hydrogen-bond acceptors (Lipinski definition) is 4. The Morgan fingerprint density at radius 2 is 2.33 bits per heavy atom. The molecule has 0 aromatic carbocycles. The van der Waals surface area contributed by atoms with Crippen molar-refractivity contribution in [2.45, 2.75) is 26.4 Å². The molecule has 1 aromatic rings. The number of nitrogens with zero attached hydrogens (tertiary/aromatic N) is 4. The van der Waals surface area contributed by atoms with E-state index in [1.807, 2.05) is 18.7 Å². The molecule has 0 unspecified atom stereocenters. The summed E-state index contributed by atoms with van der Waals surface area (Å²) in [5, 5.41) is 16.5. The van der Waals surface area contributed by atoms with Crippen LogP contribution in [0.15, 0.2) is 6.20 Å². The molecule has 0 spiro atoms. The van der Waals surface area contributed by atoms with E-state index in [0.717, 1.165) is 5.69 Å². The van der Waals surface area contributed by atoms with Crippen LogP contribution in [0.4, 0.5) is 0 Å². The second kappa shape index (κ2) is 4.88. The molecule has 0 aliphatic heterocycles. The highest BCUT2D eigenvalue weighted by atomic mass is 16.4. The van der Waals surface area contributed by atoms with Gasteiger partial charge in [0.15, 0.2) is 0 Å². The lowest BCUT2D eigenvalue weighted by Crippen LogP contribution is -2.35. The van der Waals surface area contributed by atoms with Crippen LogP contribution in [-0.2, 0) is 18.4 Å². The summed E-state index contributed by atoms with van der Waals surface area (Å²) >= 11 is 0. The van der Waals surface area contributed by atoms with Gasteiger partial charge in [0.05, 0.1) is 12.2 Å². The summed E-state index contributed by atoms with van der Waals surface area (Å²) in [5.41, 5.74) is 0.785. The summed E-state index contributed by atoms with van der Waals surface area (Å²) in [5.74, 6) is -0.826. The van der Waals surface area contributed by atoms with Crippen molar-refractivity contribution >= 4 is 5.97 Å². The lowest BCUT2D eigenvalue weighted by Gasteiger charge is -2.22. The minimum absolute atomic E-state index is 0.0221. The first-order valence-corrected chi connectivity index (χ1v) is 4.80. The average Bonchev–Trinajstić information content (AvgIpc) is 2.49. The van der Waals surface area contributed by atoms with Gasteiger partial charge in [-0.3, -0.25) is 14.4 Å². The molecule has 84 valence electrons. The highest BCUT2D eigenvalue weighted by Gasteiger charge is 2.15. The Kier molecular flexibility index (Phi) is 3.79. The van der Waals surface area contributed by atoms with E-state index < -0.39 is 5.97 Å². The van der Waals surface area contributed by atoms with Gasteiger partial charge in [-0.2, -0.15) is 0 Å². The minimum Gasteiger partial charge on any atom is -0.480 e. The summed E-state index contributed by atoms with van der Waals surface area (Å²) in [7, 11) is 1.79. The highest BCUT2D eigenvalue weighted by molar-refractivity contribution is 5.69. The van der Waals surface area contributed by atoms with Gasteiger partial charge in [-0.25, -0.2) is 0 Å². The zero-order chi connectivity index (χ0) is 11.4. The summed E-state index contributed by atoms with van der Waals surface area (Å²) in [4.78, 5) is 12.5. The third kappa shape index (κ3) is 3.67. The molecule has 0 saturated heterocycles. The molecular formula is C9H16N4O2. The first kappa shape index (κ1) is 11.6. The molecule has 0 amide bonds. The van der Waals surface area contributed by atoms with Crippen molar-refractivity contribution in [3.63, 3.8) is 0 Å². The molecule has 15 heavy (non-hydrogen) atoms. The fraction of sp³-hybridized carbons (Fsp3) is 0.667. The van der Waals surface area contributed by atoms with E-state index in [4.69, 9.17) is 5.11 Å². The Morgan fingerprint density at radius 3 is 2.73 bits per heavy atom. The van der Waals surface area contributed by atoms with Crippen LogP contribution in [0.5, 0.6) is 0 Å². The van der Waals surface area contributed by atoms with Crippen LogP contribution in [0.25, 0.3) is 0 Å². The number of hydrogen-bond donors (Lipinski definition) is 1. The van der Waals surface area contributed by atoms with Crippen LogP contribution in [0.2, 0.25) is 0 Å². The fourth-order valence-electron chi connectivity index (χ4n) is 1.27. The molecule has 0 fully saturated rings. The molecule has 1 rings (SSSR count). The second-order valence-corrected chi connectivity index (χ2v) is 3.78. The van der Waals surface area contributed by atoms with E-state index in [-0.39, 0.29) is 12.6 Å². The van der Waals surface area contributed by atoms with E-state index in [1.165, 1.54) is 0 Å². The van der Waals surface area contributed by atoms with Gasteiger partial charge in [0.2, 0.25) is 0 Å². The van der Waals surface area contributed by atoms with Crippen molar-refractivity contribution in [1.82, 2.24) is 19.9 Å². The molecule has 0 saturated carbocycles. The molecule has 6 nitrogen and oxygen atoms in total. The third-order valence-corrected chi connectivity index (χ3v) is 2.08. The average molecular weight is 212 g/mol. The van der Waals surface area contributed by atoms with E-state index in [1.54, 1.807) is 17.9 Å².